The van der Waals surface area contributed by atoms with Crippen LogP contribution >= 0.6 is 11.8 Å². The van der Waals surface area contributed by atoms with Crippen LogP contribution in [0.15, 0.2) is 0 Å². The topological polar surface area (TPSA) is 60.0 Å². The van der Waals surface area contributed by atoms with Gasteiger partial charge in [0.2, 0.25) is 0 Å². The fourth-order valence-electron chi connectivity index (χ4n) is 1.95. The van der Waals surface area contributed by atoms with Crippen LogP contribution in [-0.4, -0.2) is 64.9 Å². The first-order chi connectivity index (χ1) is 9.64. The number of aliphatic hydroxyl groups is 1. The van der Waals surface area contributed by atoms with Crippen LogP contribution in [0.2, 0.25) is 6.04 Å². The molecular formula is C13H31NO4SSi. The summed E-state index contributed by atoms with van der Waals surface area (Å²) in [6.45, 7) is 9.23. The van der Waals surface area contributed by atoms with Gasteiger partial charge in [-0.25, -0.2) is 0 Å². The smallest absolute Gasteiger partial charge is 0.391 e. The molecule has 0 aliphatic carbocycles. The van der Waals surface area contributed by atoms with Crippen molar-refractivity contribution in [3.63, 3.8) is 0 Å². The normalized spacial score (nSPS) is 13.7. The molecule has 0 rings (SSSR count). The second-order valence-corrected chi connectivity index (χ2v) is 8.04. The molecule has 20 heavy (non-hydrogen) atoms. The van der Waals surface area contributed by atoms with Crippen LogP contribution in [0.5, 0.6) is 0 Å². The van der Waals surface area contributed by atoms with Gasteiger partial charge in [-0.1, -0.05) is 0 Å². The zero-order valence-corrected chi connectivity index (χ0v) is 15.1. The Balaban J connectivity index is 3.99. The third-order valence-corrected chi connectivity index (χ3v) is 6.54. The predicted octanol–water partition coefficient (Wildman–Crippen LogP) is 1.74. The molecule has 0 aliphatic rings. The number of rotatable bonds is 14. The van der Waals surface area contributed by atoms with Crippen molar-refractivity contribution >= 4 is 20.6 Å². The van der Waals surface area contributed by atoms with Gasteiger partial charge in [0.15, 0.2) is 0 Å². The molecule has 0 spiro atoms. The van der Waals surface area contributed by atoms with E-state index in [0.717, 1.165) is 24.8 Å². The zero-order valence-electron chi connectivity index (χ0n) is 13.3. The molecule has 0 bridgehead atoms. The molecule has 122 valence electrons. The molecule has 0 aromatic rings. The first-order valence-corrected chi connectivity index (χ1v) is 10.8. The minimum absolute atomic E-state index is 0.280. The Morgan fingerprint density at radius 1 is 1.10 bits per heavy atom. The summed E-state index contributed by atoms with van der Waals surface area (Å²) in [4.78, 5) is 0. The molecule has 0 aromatic carbocycles. The van der Waals surface area contributed by atoms with E-state index in [-0.39, 0.29) is 6.10 Å². The molecule has 0 saturated carbocycles. The Kier molecular flexibility index (Phi) is 13.3. The van der Waals surface area contributed by atoms with Crippen LogP contribution in [0.1, 0.15) is 27.2 Å². The van der Waals surface area contributed by atoms with Crippen LogP contribution in [-0.2, 0) is 13.3 Å². The molecule has 1 atom stereocenters. The van der Waals surface area contributed by atoms with E-state index in [4.69, 9.17) is 13.3 Å². The lowest BCUT2D eigenvalue weighted by molar-refractivity contribution is 0.0708. The fourth-order valence-corrected chi connectivity index (χ4v) is 5.07. The Hall–Kier alpha value is 0.367. The van der Waals surface area contributed by atoms with Gasteiger partial charge in [0, 0.05) is 38.2 Å². The molecule has 0 heterocycles. The van der Waals surface area contributed by atoms with E-state index in [1.807, 2.05) is 27.0 Å². The highest BCUT2D eigenvalue weighted by molar-refractivity contribution is 7.98. The maximum absolute atomic E-state index is 9.61. The van der Waals surface area contributed by atoms with Gasteiger partial charge in [-0.15, -0.1) is 0 Å². The number of aliphatic hydroxyl groups excluding tert-OH is 1. The average molecular weight is 326 g/mol. The fraction of sp³-hybridized carbons (Fsp3) is 1.00. The molecule has 0 fully saturated rings. The molecule has 2 N–H and O–H groups in total. The van der Waals surface area contributed by atoms with Crippen LogP contribution in [0.25, 0.3) is 0 Å². The average Bonchev–Trinajstić information content (AvgIpc) is 2.39. The maximum Gasteiger partial charge on any atom is 0.500 e. The van der Waals surface area contributed by atoms with E-state index in [0.29, 0.717) is 26.4 Å². The van der Waals surface area contributed by atoms with E-state index in [1.165, 1.54) is 0 Å². The lowest BCUT2D eigenvalue weighted by Gasteiger charge is -2.28. The highest BCUT2D eigenvalue weighted by Crippen LogP contribution is 2.17. The number of hydrogen-bond acceptors (Lipinski definition) is 6. The number of nitrogens with one attached hydrogen (secondary N) is 1. The SMILES string of the molecule is CCO[Si](CCCNCC(O)CSC)(OCC)OCC. The molecule has 0 amide bonds. The van der Waals surface area contributed by atoms with Crippen LogP contribution < -0.4 is 5.32 Å². The minimum Gasteiger partial charge on any atom is -0.391 e. The van der Waals surface area contributed by atoms with Crippen molar-refractivity contribution in [1.29, 1.82) is 0 Å². The third kappa shape index (κ3) is 9.33. The zero-order chi connectivity index (χ0) is 15.3. The Morgan fingerprint density at radius 3 is 2.10 bits per heavy atom. The molecule has 0 radical (unpaired) electrons. The van der Waals surface area contributed by atoms with Crippen molar-refractivity contribution in [1.82, 2.24) is 5.32 Å². The Bertz CT molecular complexity index is 208. The molecule has 5 nitrogen and oxygen atoms in total. The van der Waals surface area contributed by atoms with Crippen molar-refractivity contribution < 1.29 is 18.4 Å². The van der Waals surface area contributed by atoms with Gasteiger partial charge in [-0.2, -0.15) is 11.8 Å². The first-order valence-electron chi connectivity index (χ1n) is 7.43. The van der Waals surface area contributed by atoms with E-state index in [9.17, 15) is 5.11 Å². The van der Waals surface area contributed by atoms with Gasteiger partial charge in [-0.05, 0) is 40.0 Å². The van der Waals surface area contributed by atoms with Crippen molar-refractivity contribution in [2.24, 2.45) is 0 Å². The highest BCUT2D eigenvalue weighted by Gasteiger charge is 2.39. The van der Waals surface area contributed by atoms with E-state index in [1.54, 1.807) is 11.8 Å². The molecule has 0 aliphatic heterocycles. The Labute approximate surface area is 129 Å². The molecule has 7 heteroatoms. The summed E-state index contributed by atoms with van der Waals surface area (Å²) in [5, 5.41) is 12.9. The summed E-state index contributed by atoms with van der Waals surface area (Å²) >= 11 is 1.65. The van der Waals surface area contributed by atoms with Gasteiger partial charge in [0.25, 0.3) is 0 Å². The van der Waals surface area contributed by atoms with Crippen LogP contribution in [0.4, 0.5) is 0 Å². The lowest BCUT2D eigenvalue weighted by Crippen LogP contribution is -2.46. The molecular weight excluding hydrogens is 294 g/mol. The van der Waals surface area contributed by atoms with Gasteiger partial charge in [0.1, 0.15) is 0 Å². The van der Waals surface area contributed by atoms with Crippen molar-refractivity contribution in [3.8, 4) is 0 Å². The van der Waals surface area contributed by atoms with Gasteiger partial charge in [-0.3, -0.25) is 0 Å². The van der Waals surface area contributed by atoms with Crippen molar-refractivity contribution in [2.75, 3.05) is 44.9 Å². The van der Waals surface area contributed by atoms with Crippen LogP contribution in [0, 0.1) is 0 Å². The summed E-state index contributed by atoms with van der Waals surface area (Å²) in [5.74, 6) is 0.766. The largest absolute Gasteiger partial charge is 0.500 e. The summed E-state index contributed by atoms with van der Waals surface area (Å²) < 4.78 is 17.4. The number of thioether (sulfide) groups is 1. The van der Waals surface area contributed by atoms with Crippen LogP contribution in [0.3, 0.4) is 0 Å². The molecule has 1 unspecified atom stereocenters. The monoisotopic (exact) mass is 325 g/mol. The molecule has 0 aromatic heterocycles. The summed E-state index contributed by atoms with van der Waals surface area (Å²) in [6.07, 6.45) is 2.64. The summed E-state index contributed by atoms with van der Waals surface area (Å²) in [7, 11) is -2.49. The predicted molar refractivity (Wildman–Crippen MR) is 87.3 cm³/mol. The van der Waals surface area contributed by atoms with E-state index in [2.05, 4.69) is 5.32 Å². The van der Waals surface area contributed by atoms with Crippen molar-refractivity contribution in [2.45, 2.75) is 39.3 Å². The third-order valence-electron chi connectivity index (χ3n) is 2.67. The van der Waals surface area contributed by atoms with E-state index >= 15 is 0 Å². The Morgan fingerprint density at radius 2 is 1.65 bits per heavy atom. The standard InChI is InChI=1S/C13H31NO4SSi/c1-5-16-20(17-6-2,18-7-3)10-8-9-14-11-13(15)12-19-4/h13-15H,5-12H2,1-4H3. The summed E-state index contributed by atoms with van der Waals surface area (Å²) in [5.41, 5.74) is 0. The van der Waals surface area contributed by atoms with Gasteiger partial charge < -0.3 is 23.7 Å². The first kappa shape index (κ1) is 20.4. The second kappa shape index (κ2) is 13.1. The number of hydrogen-bond donors (Lipinski definition) is 2. The van der Waals surface area contributed by atoms with Gasteiger partial charge >= 0.3 is 8.80 Å². The second-order valence-electron chi connectivity index (χ2n) is 4.40. The highest BCUT2D eigenvalue weighted by atomic mass is 32.2. The quantitative estimate of drug-likeness (QED) is 0.375. The van der Waals surface area contributed by atoms with E-state index < -0.39 is 8.80 Å². The van der Waals surface area contributed by atoms with Gasteiger partial charge in [0.05, 0.1) is 6.10 Å². The van der Waals surface area contributed by atoms with Crippen molar-refractivity contribution in [3.05, 3.63) is 0 Å². The maximum atomic E-state index is 9.61. The molecule has 0 saturated heterocycles. The summed E-state index contributed by atoms with van der Waals surface area (Å²) in [6, 6.07) is 0.814. The minimum atomic E-state index is -2.49. The lowest BCUT2D eigenvalue weighted by atomic mass is 10.4.